The van der Waals surface area contributed by atoms with E-state index in [9.17, 15) is 9.59 Å². The number of nitrogens with zero attached hydrogens (tertiary/aromatic N) is 2. The average molecular weight is 337 g/mol. The number of benzene rings is 1. The largest absolute Gasteiger partial charge is 0.348 e. The fourth-order valence-corrected chi connectivity index (χ4v) is 3.11. The Bertz CT molecular complexity index is 718. The molecule has 0 unspecified atom stereocenters. The van der Waals surface area contributed by atoms with E-state index >= 15 is 0 Å². The lowest BCUT2D eigenvalue weighted by Crippen LogP contribution is -2.35. The van der Waals surface area contributed by atoms with E-state index in [0.717, 1.165) is 12.1 Å². The van der Waals surface area contributed by atoms with Gasteiger partial charge in [-0.05, 0) is 31.0 Å². The zero-order valence-corrected chi connectivity index (χ0v) is 14.4. The van der Waals surface area contributed by atoms with Gasteiger partial charge in [0.2, 0.25) is 11.8 Å². The van der Waals surface area contributed by atoms with E-state index in [1.165, 1.54) is 5.56 Å². The van der Waals surface area contributed by atoms with Gasteiger partial charge in [-0.25, -0.2) is 0 Å². The minimum atomic E-state index is -0.283. The molecule has 0 saturated carbocycles. The quantitative estimate of drug-likeness (QED) is 0.880. The minimum absolute atomic E-state index is 0.0570. The molecular formula is C20H23N3O2. The van der Waals surface area contributed by atoms with Crippen LogP contribution in [0.1, 0.15) is 30.6 Å². The van der Waals surface area contributed by atoms with E-state index in [2.05, 4.69) is 22.4 Å². The molecule has 1 aliphatic rings. The third-order valence-electron chi connectivity index (χ3n) is 4.59. The Hall–Kier alpha value is -2.69. The molecular weight excluding hydrogens is 314 g/mol. The van der Waals surface area contributed by atoms with Crippen molar-refractivity contribution in [2.24, 2.45) is 5.92 Å². The van der Waals surface area contributed by atoms with Gasteiger partial charge in [-0.3, -0.25) is 14.6 Å². The molecule has 25 heavy (non-hydrogen) atoms. The van der Waals surface area contributed by atoms with Crippen molar-refractivity contribution in [1.29, 1.82) is 0 Å². The molecule has 1 saturated heterocycles. The van der Waals surface area contributed by atoms with Crippen LogP contribution in [0.3, 0.4) is 0 Å². The monoisotopic (exact) mass is 337 g/mol. The van der Waals surface area contributed by atoms with Crippen LogP contribution >= 0.6 is 0 Å². The molecule has 3 rings (SSSR count). The number of aromatic nitrogens is 1. The Kier molecular flexibility index (Phi) is 5.43. The zero-order chi connectivity index (χ0) is 17.6. The van der Waals surface area contributed by atoms with Gasteiger partial charge in [-0.2, -0.15) is 0 Å². The second kappa shape index (κ2) is 7.92. The highest BCUT2D eigenvalue weighted by atomic mass is 16.2. The molecule has 5 heteroatoms. The second-order valence-electron chi connectivity index (χ2n) is 6.46. The molecule has 0 spiro atoms. The van der Waals surface area contributed by atoms with Gasteiger partial charge in [0, 0.05) is 25.7 Å². The smallest absolute Gasteiger partial charge is 0.225 e. The number of pyridine rings is 1. The normalized spacial score (nSPS) is 18.2. The SMILES string of the molecule is C[C@@H](NC(=O)[C@@H]1CC(=O)N(CCc2ccccc2)C1)c1ccccn1. The van der Waals surface area contributed by atoms with Gasteiger partial charge < -0.3 is 10.2 Å². The van der Waals surface area contributed by atoms with Gasteiger partial charge in [0.15, 0.2) is 0 Å². The van der Waals surface area contributed by atoms with Crippen LogP contribution < -0.4 is 5.32 Å². The van der Waals surface area contributed by atoms with E-state index < -0.39 is 0 Å². The van der Waals surface area contributed by atoms with Crippen LogP contribution in [-0.4, -0.2) is 34.8 Å². The molecule has 0 bridgehead atoms. The summed E-state index contributed by atoms with van der Waals surface area (Å²) in [6.07, 6.45) is 2.81. The van der Waals surface area contributed by atoms with E-state index in [0.29, 0.717) is 13.1 Å². The number of hydrogen-bond acceptors (Lipinski definition) is 3. The van der Waals surface area contributed by atoms with Crippen LogP contribution in [0.25, 0.3) is 0 Å². The molecule has 1 aliphatic heterocycles. The summed E-state index contributed by atoms with van der Waals surface area (Å²) in [6.45, 7) is 3.05. The molecule has 0 aliphatic carbocycles. The first kappa shape index (κ1) is 17.1. The lowest BCUT2D eigenvalue weighted by Gasteiger charge is -2.18. The summed E-state index contributed by atoms with van der Waals surface area (Å²) >= 11 is 0. The summed E-state index contributed by atoms with van der Waals surface area (Å²) < 4.78 is 0. The van der Waals surface area contributed by atoms with Crippen molar-refractivity contribution < 1.29 is 9.59 Å². The van der Waals surface area contributed by atoms with Crippen LogP contribution in [0, 0.1) is 5.92 Å². The van der Waals surface area contributed by atoms with Crippen molar-refractivity contribution in [1.82, 2.24) is 15.2 Å². The van der Waals surface area contributed by atoms with Gasteiger partial charge in [-0.15, -0.1) is 0 Å². The van der Waals surface area contributed by atoms with Gasteiger partial charge in [0.25, 0.3) is 0 Å². The number of likely N-dealkylation sites (tertiary alicyclic amines) is 1. The Balaban J connectivity index is 1.52. The predicted molar refractivity (Wildman–Crippen MR) is 95.6 cm³/mol. The minimum Gasteiger partial charge on any atom is -0.348 e. The molecule has 2 heterocycles. The second-order valence-corrected chi connectivity index (χ2v) is 6.46. The van der Waals surface area contributed by atoms with Crippen molar-refractivity contribution in [2.45, 2.75) is 25.8 Å². The molecule has 1 aromatic heterocycles. The third kappa shape index (κ3) is 4.44. The van der Waals surface area contributed by atoms with Crippen molar-refractivity contribution >= 4 is 11.8 Å². The lowest BCUT2D eigenvalue weighted by molar-refractivity contribution is -0.129. The van der Waals surface area contributed by atoms with E-state index in [4.69, 9.17) is 0 Å². The maximum absolute atomic E-state index is 12.5. The van der Waals surface area contributed by atoms with Crippen LogP contribution in [0.4, 0.5) is 0 Å². The zero-order valence-electron chi connectivity index (χ0n) is 14.4. The van der Waals surface area contributed by atoms with Crippen molar-refractivity contribution in [2.75, 3.05) is 13.1 Å². The standard InChI is InChI=1S/C20H23N3O2/c1-15(18-9-5-6-11-21-18)22-20(25)17-13-19(24)23(14-17)12-10-16-7-3-2-4-8-16/h2-9,11,15,17H,10,12-14H2,1H3,(H,22,25)/t15-,17-/m1/s1. The van der Waals surface area contributed by atoms with E-state index in [1.54, 1.807) is 11.1 Å². The highest BCUT2D eigenvalue weighted by Crippen LogP contribution is 2.20. The Morgan fingerprint density at radius 3 is 2.72 bits per heavy atom. The summed E-state index contributed by atoms with van der Waals surface area (Å²) in [5.74, 6) is -0.301. The highest BCUT2D eigenvalue weighted by Gasteiger charge is 2.34. The molecule has 5 nitrogen and oxygen atoms in total. The fourth-order valence-electron chi connectivity index (χ4n) is 3.11. The maximum atomic E-state index is 12.5. The first-order valence-corrected chi connectivity index (χ1v) is 8.66. The van der Waals surface area contributed by atoms with Crippen molar-refractivity contribution in [3.05, 3.63) is 66.0 Å². The van der Waals surface area contributed by atoms with E-state index in [1.807, 2.05) is 43.3 Å². The summed E-state index contributed by atoms with van der Waals surface area (Å²) in [7, 11) is 0. The lowest BCUT2D eigenvalue weighted by atomic mass is 10.1. The Morgan fingerprint density at radius 2 is 2.00 bits per heavy atom. The number of rotatable bonds is 6. The molecule has 1 fully saturated rings. The van der Waals surface area contributed by atoms with E-state index in [-0.39, 0.29) is 30.2 Å². The number of carbonyl (C=O) groups excluding carboxylic acids is 2. The predicted octanol–water partition coefficient (Wildman–Crippen LogP) is 2.35. The van der Waals surface area contributed by atoms with Gasteiger partial charge >= 0.3 is 0 Å². The summed E-state index contributed by atoms with van der Waals surface area (Å²) in [5.41, 5.74) is 2.02. The van der Waals surface area contributed by atoms with Crippen molar-refractivity contribution in [3.63, 3.8) is 0 Å². The fraction of sp³-hybridized carbons (Fsp3) is 0.350. The molecule has 2 aromatic rings. The van der Waals surface area contributed by atoms with Crippen LogP contribution in [0.15, 0.2) is 54.7 Å². The van der Waals surface area contributed by atoms with Gasteiger partial charge in [0.1, 0.15) is 0 Å². The summed E-state index contributed by atoms with van der Waals surface area (Å²) in [4.78, 5) is 30.7. The molecule has 130 valence electrons. The van der Waals surface area contributed by atoms with Crippen molar-refractivity contribution in [3.8, 4) is 0 Å². The average Bonchev–Trinajstić information content (AvgIpc) is 3.02. The molecule has 0 radical (unpaired) electrons. The van der Waals surface area contributed by atoms with Gasteiger partial charge in [0.05, 0.1) is 17.7 Å². The molecule has 1 aromatic carbocycles. The summed E-state index contributed by atoms with van der Waals surface area (Å²) in [5, 5.41) is 2.97. The van der Waals surface area contributed by atoms with Gasteiger partial charge in [-0.1, -0.05) is 36.4 Å². The Morgan fingerprint density at radius 1 is 1.24 bits per heavy atom. The summed E-state index contributed by atoms with van der Waals surface area (Å²) in [6, 6.07) is 15.5. The number of nitrogens with one attached hydrogen (secondary N) is 1. The molecule has 1 N–H and O–H groups in total. The number of amides is 2. The first-order valence-electron chi connectivity index (χ1n) is 8.66. The van der Waals surface area contributed by atoms with Crippen LogP contribution in [0.5, 0.6) is 0 Å². The molecule has 2 atom stereocenters. The number of carbonyl (C=O) groups is 2. The Labute approximate surface area is 148 Å². The highest BCUT2D eigenvalue weighted by molar-refractivity contribution is 5.89. The first-order chi connectivity index (χ1) is 12.1. The third-order valence-corrected chi connectivity index (χ3v) is 4.59. The van der Waals surface area contributed by atoms with Crippen LogP contribution in [-0.2, 0) is 16.0 Å². The molecule has 2 amide bonds. The van der Waals surface area contributed by atoms with Crippen LogP contribution in [0.2, 0.25) is 0 Å². The number of hydrogen-bond donors (Lipinski definition) is 1. The maximum Gasteiger partial charge on any atom is 0.225 e. The topological polar surface area (TPSA) is 62.3 Å².